The van der Waals surface area contributed by atoms with Gasteiger partial charge in [-0.25, -0.2) is 0 Å². The first-order valence-electron chi connectivity index (χ1n) is 5.59. The van der Waals surface area contributed by atoms with E-state index in [-0.39, 0.29) is 6.10 Å². The molecule has 1 aromatic carbocycles. The van der Waals surface area contributed by atoms with Crippen molar-refractivity contribution in [2.24, 2.45) is 5.73 Å². The number of ether oxygens (including phenoxy) is 2. The summed E-state index contributed by atoms with van der Waals surface area (Å²) in [6.07, 6.45) is 5.10. The maximum atomic E-state index is 5.81. The fourth-order valence-corrected chi connectivity index (χ4v) is 1.69. The van der Waals surface area contributed by atoms with Crippen LogP contribution in [0.1, 0.15) is 12.0 Å². The van der Waals surface area contributed by atoms with Gasteiger partial charge < -0.3 is 15.2 Å². The second-order valence-corrected chi connectivity index (χ2v) is 3.81. The Hall–Kier alpha value is -1.32. The van der Waals surface area contributed by atoms with Crippen LogP contribution in [0.5, 0.6) is 5.75 Å². The number of hydrogen-bond donors (Lipinski definition) is 1. The average Bonchev–Trinajstić information content (AvgIpc) is 2.80. The fraction of sp³-hybridized carbons (Fsp3) is 0.385. The van der Waals surface area contributed by atoms with Crippen LogP contribution in [0.2, 0.25) is 0 Å². The van der Waals surface area contributed by atoms with E-state index in [9.17, 15) is 0 Å². The third-order valence-corrected chi connectivity index (χ3v) is 2.50. The van der Waals surface area contributed by atoms with E-state index in [0.717, 1.165) is 24.3 Å². The number of nitrogens with two attached hydrogens (primary N) is 1. The van der Waals surface area contributed by atoms with Crippen molar-refractivity contribution in [1.29, 1.82) is 0 Å². The lowest BCUT2D eigenvalue weighted by molar-refractivity contribution is 0.141. The predicted octanol–water partition coefficient (Wildman–Crippen LogP) is 1.83. The Morgan fingerprint density at radius 3 is 3.19 bits per heavy atom. The Bertz CT molecular complexity index is 357. The molecule has 1 aliphatic heterocycles. The van der Waals surface area contributed by atoms with E-state index >= 15 is 0 Å². The quantitative estimate of drug-likeness (QED) is 0.840. The summed E-state index contributed by atoms with van der Waals surface area (Å²) in [5.74, 6) is 0.898. The van der Waals surface area contributed by atoms with E-state index in [1.807, 2.05) is 36.4 Å². The van der Waals surface area contributed by atoms with Crippen molar-refractivity contribution < 1.29 is 9.47 Å². The SMILES string of the molecule is NC/C=C/c1cccc(OC2CCOC2)c1. The van der Waals surface area contributed by atoms with Gasteiger partial charge in [-0.15, -0.1) is 0 Å². The molecule has 1 fully saturated rings. The molecule has 16 heavy (non-hydrogen) atoms. The van der Waals surface area contributed by atoms with E-state index in [1.54, 1.807) is 0 Å². The molecule has 0 aromatic heterocycles. The van der Waals surface area contributed by atoms with Crippen molar-refractivity contribution in [2.75, 3.05) is 19.8 Å². The second kappa shape index (κ2) is 5.68. The van der Waals surface area contributed by atoms with Gasteiger partial charge in [-0.1, -0.05) is 24.3 Å². The van der Waals surface area contributed by atoms with Gasteiger partial charge in [-0.2, -0.15) is 0 Å². The standard InChI is InChI=1S/C13H17NO2/c14-7-2-4-11-3-1-5-12(9-11)16-13-6-8-15-10-13/h1-5,9,13H,6-8,10,14H2/b4-2+. The summed E-state index contributed by atoms with van der Waals surface area (Å²) in [4.78, 5) is 0. The summed E-state index contributed by atoms with van der Waals surface area (Å²) in [5, 5.41) is 0. The molecule has 1 aromatic rings. The van der Waals surface area contributed by atoms with E-state index in [4.69, 9.17) is 15.2 Å². The molecule has 0 spiro atoms. The highest BCUT2D eigenvalue weighted by Gasteiger charge is 2.16. The molecule has 0 saturated carbocycles. The summed E-state index contributed by atoms with van der Waals surface area (Å²) < 4.78 is 11.1. The van der Waals surface area contributed by atoms with Gasteiger partial charge in [0.1, 0.15) is 11.9 Å². The van der Waals surface area contributed by atoms with Crippen LogP contribution < -0.4 is 10.5 Å². The summed E-state index contributed by atoms with van der Waals surface area (Å²) >= 11 is 0. The molecule has 0 aliphatic carbocycles. The van der Waals surface area contributed by atoms with E-state index < -0.39 is 0 Å². The van der Waals surface area contributed by atoms with E-state index in [1.165, 1.54) is 0 Å². The summed E-state index contributed by atoms with van der Waals surface area (Å²) in [6, 6.07) is 8.01. The third kappa shape index (κ3) is 3.08. The lowest BCUT2D eigenvalue weighted by atomic mass is 10.2. The zero-order valence-corrected chi connectivity index (χ0v) is 9.26. The van der Waals surface area contributed by atoms with Gasteiger partial charge in [0.2, 0.25) is 0 Å². The number of benzene rings is 1. The van der Waals surface area contributed by atoms with Crippen LogP contribution in [0, 0.1) is 0 Å². The van der Waals surface area contributed by atoms with Crippen LogP contribution in [0.3, 0.4) is 0 Å². The molecule has 0 bridgehead atoms. The molecular weight excluding hydrogens is 202 g/mol. The molecule has 3 nitrogen and oxygen atoms in total. The van der Waals surface area contributed by atoms with Crippen molar-refractivity contribution in [2.45, 2.75) is 12.5 Å². The zero-order chi connectivity index (χ0) is 11.2. The minimum atomic E-state index is 0.203. The molecule has 1 heterocycles. The molecule has 3 heteroatoms. The average molecular weight is 219 g/mol. The smallest absolute Gasteiger partial charge is 0.124 e. The second-order valence-electron chi connectivity index (χ2n) is 3.81. The molecular formula is C13H17NO2. The van der Waals surface area contributed by atoms with Crippen LogP contribution in [0.25, 0.3) is 6.08 Å². The minimum absolute atomic E-state index is 0.203. The molecule has 1 atom stereocenters. The minimum Gasteiger partial charge on any atom is -0.488 e. The molecule has 86 valence electrons. The normalized spacial score (nSPS) is 20.4. The molecule has 1 unspecified atom stereocenters. The van der Waals surface area contributed by atoms with Gasteiger partial charge in [0.15, 0.2) is 0 Å². The highest BCUT2D eigenvalue weighted by atomic mass is 16.5. The van der Waals surface area contributed by atoms with E-state index in [0.29, 0.717) is 13.2 Å². The maximum absolute atomic E-state index is 5.81. The third-order valence-electron chi connectivity index (χ3n) is 2.50. The van der Waals surface area contributed by atoms with Crippen molar-refractivity contribution in [3.05, 3.63) is 35.9 Å². The Balaban J connectivity index is 2.00. The van der Waals surface area contributed by atoms with Gasteiger partial charge in [0.25, 0.3) is 0 Å². The van der Waals surface area contributed by atoms with Gasteiger partial charge in [0.05, 0.1) is 13.2 Å². The van der Waals surface area contributed by atoms with Crippen molar-refractivity contribution in [3.63, 3.8) is 0 Å². The molecule has 1 aliphatic rings. The van der Waals surface area contributed by atoms with Crippen molar-refractivity contribution in [1.82, 2.24) is 0 Å². The largest absolute Gasteiger partial charge is 0.488 e. The summed E-state index contributed by atoms with van der Waals surface area (Å²) in [6.45, 7) is 2.06. The van der Waals surface area contributed by atoms with Gasteiger partial charge >= 0.3 is 0 Å². The van der Waals surface area contributed by atoms with Crippen molar-refractivity contribution >= 4 is 6.08 Å². The number of hydrogen-bond acceptors (Lipinski definition) is 3. The lowest BCUT2D eigenvalue weighted by Crippen LogP contribution is -2.15. The topological polar surface area (TPSA) is 44.5 Å². The van der Waals surface area contributed by atoms with Crippen LogP contribution in [-0.2, 0) is 4.74 Å². The molecule has 2 rings (SSSR count). The Morgan fingerprint density at radius 2 is 2.44 bits per heavy atom. The first-order valence-corrected chi connectivity index (χ1v) is 5.59. The molecule has 0 radical (unpaired) electrons. The van der Waals surface area contributed by atoms with Crippen LogP contribution in [0.15, 0.2) is 30.3 Å². The van der Waals surface area contributed by atoms with Gasteiger partial charge in [-0.05, 0) is 17.7 Å². The fourth-order valence-electron chi connectivity index (χ4n) is 1.69. The Labute approximate surface area is 95.9 Å². The maximum Gasteiger partial charge on any atom is 0.124 e. The first kappa shape index (κ1) is 11.2. The lowest BCUT2D eigenvalue weighted by Gasteiger charge is -2.11. The summed E-state index contributed by atoms with van der Waals surface area (Å²) in [7, 11) is 0. The van der Waals surface area contributed by atoms with Gasteiger partial charge in [0, 0.05) is 13.0 Å². The summed E-state index contributed by atoms with van der Waals surface area (Å²) in [5.41, 5.74) is 6.52. The van der Waals surface area contributed by atoms with Crippen LogP contribution in [-0.4, -0.2) is 25.9 Å². The molecule has 2 N–H and O–H groups in total. The zero-order valence-electron chi connectivity index (χ0n) is 9.26. The number of rotatable bonds is 4. The highest BCUT2D eigenvalue weighted by Crippen LogP contribution is 2.18. The Kier molecular flexibility index (Phi) is 3.97. The first-order chi connectivity index (χ1) is 7.88. The predicted molar refractivity (Wildman–Crippen MR) is 64.4 cm³/mol. The van der Waals surface area contributed by atoms with Crippen LogP contribution >= 0.6 is 0 Å². The molecule has 1 saturated heterocycles. The highest BCUT2D eigenvalue weighted by molar-refractivity contribution is 5.51. The van der Waals surface area contributed by atoms with Crippen molar-refractivity contribution in [3.8, 4) is 5.75 Å². The molecule has 0 amide bonds. The Morgan fingerprint density at radius 1 is 1.50 bits per heavy atom. The van der Waals surface area contributed by atoms with Gasteiger partial charge in [-0.3, -0.25) is 0 Å². The van der Waals surface area contributed by atoms with E-state index in [2.05, 4.69) is 0 Å². The van der Waals surface area contributed by atoms with Crippen LogP contribution in [0.4, 0.5) is 0 Å². The monoisotopic (exact) mass is 219 g/mol.